The summed E-state index contributed by atoms with van der Waals surface area (Å²) in [5.74, 6) is -2.66. The van der Waals surface area contributed by atoms with Crippen molar-refractivity contribution in [3.8, 4) is 16.5 Å². The number of carbonyl (C=O) groups is 2. The molecule has 0 atom stereocenters. The van der Waals surface area contributed by atoms with Crippen molar-refractivity contribution < 1.29 is 24.5 Å². The molecule has 0 spiro atoms. The molecule has 3 aromatic rings. The summed E-state index contributed by atoms with van der Waals surface area (Å²) in [4.78, 5) is 41.5. The highest BCUT2D eigenvalue weighted by atomic mass is 32.1. The molecule has 1 aromatic carbocycles. The highest BCUT2D eigenvalue weighted by Crippen LogP contribution is 2.31. The number of nitrogens with one attached hydrogen (secondary N) is 2. The number of ether oxygens (including phenoxy) is 1. The van der Waals surface area contributed by atoms with Crippen LogP contribution >= 0.6 is 11.3 Å². The van der Waals surface area contributed by atoms with Crippen LogP contribution in [0.1, 0.15) is 21.6 Å². The van der Waals surface area contributed by atoms with Crippen molar-refractivity contribution in [1.29, 1.82) is 0 Å². The number of nitrogens with two attached hydrogens (primary N) is 1. The molecule has 0 aliphatic heterocycles. The van der Waals surface area contributed by atoms with Crippen molar-refractivity contribution in [2.75, 3.05) is 5.32 Å². The third-order valence-corrected chi connectivity index (χ3v) is 4.83. The maximum atomic E-state index is 12.2. The summed E-state index contributed by atoms with van der Waals surface area (Å²) in [6, 6.07) is 8.81. The quantitative estimate of drug-likeness (QED) is 0.407. The average Bonchev–Trinajstić information content (AvgIpc) is 3.16. The second-order valence-electron chi connectivity index (χ2n) is 5.75. The predicted octanol–water partition coefficient (Wildman–Crippen LogP) is 2.11. The first-order chi connectivity index (χ1) is 13.9. The van der Waals surface area contributed by atoms with E-state index in [-0.39, 0.29) is 18.1 Å². The van der Waals surface area contributed by atoms with E-state index in [9.17, 15) is 19.5 Å². The largest absolute Gasteiger partial charge is 0.501 e. The first kappa shape index (κ1) is 20.0. The minimum atomic E-state index is -1.56. The number of nitrogens with zero attached hydrogens (tertiary/aromatic N) is 1. The molecule has 150 valence electrons. The molecule has 0 saturated carbocycles. The maximum absolute atomic E-state index is 12.2. The van der Waals surface area contributed by atoms with Gasteiger partial charge < -0.3 is 25.7 Å². The van der Waals surface area contributed by atoms with Gasteiger partial charge >= 0.3 is 12.1 Å². The van der Waals surface area contributed by atoms with Gasteiger partial charge in [0.15, 0.2) is 11.5 Å². The van der Waals surface area contributed by atoms with E-state index in [1.165, 1.54) is 0 Å². The SMILES string of the molecule is NCc1ccccc1COC(=O)Nc1ccsc1-c1nc(C(=O)O)c(O)c(=O)[nH]1. The van der Waals surface area contributed by atoms with Crippen LogP contribution in [0.3, 0.4) is 0 Å². The zero-order valence-electron chi connectivity index (χ0n) is 14.8. The zero-order chi connectivity index (χ0) is 21.0. The Morgan fingerprint density at radius 1 is 1.24 bits per heavy atom. The lowest BCUT2D eigenvalue weighted by molar-refractivity contribution is 0.0686. The molecule has 6 N–H and O–H groups in total. The van der Waals surface area contributed by atoms with Crippen LogP contribution in [-0.4, -0.2) is 32.2 Å². The minimum Gasteiger partial charge on any atom is -0.501 e. The number of carboxylic acids is 1. The number of aromatic hydroxyl groups is 1. The number of aromatic nitrogens is 2. The summed E-state index contributed by atoms with van der Waals surface area (Å²) < 4.78 is 5.21. The van der Waals surface area contributed by atoms with Crippen LogP contribution < -0.4 is 16.6 Å². The Balaban J connectivity index is 1.78. The molecule has 0 fully saturated rings. The smallest absolute Gasteiger partial charge is 0.412 e. The molecule has 2 heterocycles. The third kappa shape index (κ3) is 4.42. The number of thiophene rings is 1. The number of rotatable bonds is 6. The first-order valence-corrected chi connectivity index (χ1v) is 9.13. The van der Waals surface area contributed by atoms with Gasteiger partial charge in [-0.25, -0.2) is 14.6 Å². The summed E-state index contributed by atoms with van der Waals surface area (Å²) in [6.07, 6.45) is -0.754. The van der Waals surface area contributed by atoms with Gasteiger partial charge in [0.05, 0.1) is 10.6 Å². The standard InChI is InChI=1S/C18H16N4O6S/c19-7-9-3-1-2-4-10(9)8-28-18(27)20-11-5-6-29-14(11)15-21-12(17(25)26)13(23)16(24)22-15/h1-6,23H,7-8,19H2,(H,20,27)(H,25,26)(H,21,22,24). The Kier molecular flexibility index (Phi) is 5.90. The fourth-order valence-corrected chi connectivity index (χ4v) is 3.30. The maximum Gasteiger partial charge on any atom is 0.412 e. The lowest BCUT2D eigenvalue weighted by atomic mass is 10.1. The molecule has 11 heteroatoms. The summed E-state index contributed by atoms with van der Waals surface area (Å²) >= 11 is 1.11. The van der Waals surface area contributed by atoms with E-state index in [1.54, 1.807) is 23.6 Å². The van der Waals surface area contributed by atoms with Gasteiger partial charge in [-0.15, -0.1) is 11.3 Å². The van der Waals surface area contributed by atoms with Gasteiger partial charge in [-0.1, -0.05) is 24.3 Å². The molecular formula is C18H16N4O6S. The first-order valence-electron chi connectivity index (χ1n) is 8.25. The number of carboxylic acid groups (broad SMARTS) is 1. The van der Waals surface area contributed by atoms with Crippen molar-refractivity contribution in [3.63, 3.8) is 0 Å². The molecular weight excluding hydrogens is 400 g/mol. The predicted molar refractivity (Wildman–Crippen MR) is 105 cm³/mol. The molecule has 10 nitrogen and oxygen atoms in total. The highest BCUT2D eigenvalue weighted by molar-refractivity contribution is 7.14. The molecule has 0 saturated heterocycles. The second-order valence-corrected chi connectivity index (χ2v) is 6.67. The summed E-state index contributed by atoms with van der Waals surface area (Å²) in [5.41, 5.74) is 5.74. The molecule has 3 rings (SSSR count). The highest BCUT2D eigenvalue weighted by Gasteiger charge is 2.20. The van der Waals surface area contributed by atoms with Crippen LogP contribution in [0.4, 0.5) is 10.5 Å². The number of H-pyrrole nitrogens is 1. The number of benzene rings is 1. The van der Waals surface area contributed by atoms with Crippen LogP contribution in [0.5, 0.6) is 5.75 Å². The number of aromatic carboxylic acids is 1. The van der Waals surface area contributed by atoms with E-state index >= 15 is 0 Å². The Morgan fingerprint density at radius 2 is 1.97 bits per heavy atom. The van der Waals surface area contributed by atoms with Gasteiger partial charge in [-0.2, -0.15) is 0 Å². The van der Waals surface area contributed by atoms with Crippen LogP contribution in [0.25, 0.3) is 10.7 Å². The van der Waals surface area contributed by atoms with Gasteiger partial charge in [-0.05, 0) is 22.6 Å². The number of hydrogen-bond acceptors (Lipinski definition) is 8. The Bertz CT molecular complexity index is 1120. The topological polar surface area (TPSA) is 168 Å². The Labute approximate surface area is 167 Å². The number of aromatic amines is 1. The van der Waals surface area contributed by atoms with Crippen molar-refractivity contribution in [2.45, 2.75) is 13.2 Å². The van der Waals surface area contributed by atoms with Gasteiger partial charge in [0, 0.05) is 6.54 Å². The Hall–Kier alpha value is -3.70. The van der Waals surface area contributed by atoms with Crippen molar-refractivity contribution >= 4 is 29.1 Å². The third-order valence-electron chi connectivity index (χ3n) is 3.91. The summed E-state index contributed by atoms with van der Waals surface area (Å²) in [7, 11) is 0. The van der Waals surface area contributed by atoms with E-state index in [4.69, 9.17) is 15.6 Å². The molecule has 1 amide bonds. The zero-order valence-corrected chi connectivity index (χ0v) is 15.7. The van der Waals surface area contributed by atoms with E-state index < -0.39 is 29.1 Å². The molecule has 0 aliphatic rings. The molecule has 2 aromatic heterocycles. The van der Waals surface area contributed by atoms with Gasteiger partial charge in [0.25, 0.3) is 5.56 Å². The molecule has 0 aliphatic carbocycles. The normalized spacial score (nSPS) is 10.5. The number of hydrogen-bond donors (Lipinski definition) is 5. The average molecular weight is 416 g/mol. The van der Waals surface area contributed by atoms with E-state index in [0.717, 1.165) is 22.5 Å². The fourth-order valence-electron chi connectivity index (χ4n) is 2.50. The van der Waals surface area contributed by atoms with Crippen molar-refractivity contribution in [3.05, 3.63) is 62.9 Å². The number of amides is 1. The van der Waals surface area contributed by atoms with Gasteiger partial charge in [0.1, 0.15) is 6.61 Å². The van der Waals surface area contributed by atoms with Crippen LogP contribution in [0, 0.1) is 0 Å². The lowest BCUT2D eigenvalue weighted by Crippen LogP contribution is -2.17. The van der Waals surface area contributed by atoms with Crippen molar-refractivity contribution in [1.82, 2.24) is 9.97 Å². The molecule has 0 radical (unpaired) electrons. The van der Waals surface area contributed by atoms with Crippen molar-refractivity contribution in [2.24, 2.45) is 5.73 Å². The molecule has 0 unspecified atom stereocenters. The number of anilines is 1. The molecule has 0 bridgehead atoms. The Morgan fingerprint density at radius 3 is 2.66 bits per heavy atom. The molecule has 29 heavy (non-hydrogen) atoms. The van der Waals surface area contributed by atoms with Crippen LogP contribution in [-0.2, 0) is 17.9 Å². The fraction of sp³-hybridized carbons (Fsp3) is 0.111. The minimum absolute atomic E-state index is 0.0101. The van der Waals surface area contributed by atoms with E-state index in [2.05, 4.69) is 15.3 Å². The van der Waals surface area contributed by atoms with E-state index in [0.29, 0.717) is 11.4 Å². The van der Waals surface area contributed by atoms with E-state index in [1.807, 2.05) is 12.1 Å². The monoisotopic (exact) mass is 416 g/mol. The van der Waals surface area contributed by atoms with Crippen LogP contribution in [0.15, 0.2) is 40.5 Å². The van der Waals surface area contributed by atoms with Gasteiger partial charge in [-0.3, -0.25) is 10.1 Å². The summed E-state index contributed by atoms with van der Waals surface area (Å²) in [5, 5.41) is 22.8. The number of carbonyl (C=O) groups excluding carboxylic acids is 1. The summed E-state index contributed by atoms with van der Waals surface area (Å²) in [6.45, 7) is 0.317. The van der Waals surface area contributed by atoms with Crippen LogP contribution in [0.2, 0.25) is 0 Å². The van der Waals surface area contributed by atoms with Gasteiger partial charge in [0.2, 0.25) is 5.75 Å². The second kappa shape index (κ2) is 8.54. The lowest BCUT2D eigenvalue weighted by Gasteiger charge is -2.10.